The molecule has 1 atom stereocenters. The molecule has 0 aliphatic carbocycles. The van der Waals surface area contributed by atoms with Gasteiger partial charge in [-0.05, 0) is 42.7 Å². The number of aryl methyl sites for hydroxylation is 1. The zero-order valence-corrected chi connectivity index (χ0v) is 16.2. The van der Waals surface area contributed by atoms with Gasteiger partial charge in [0.2, 0.25) is 0 Å². The Morgan fingerprint density at radius 3 is 2.74 bits per heavy atom. The summed E-state index contributed by atoms with van der Waals surface area (Å²) in [5.41, 5.74) is 2.49. The van der Waals surface area contributed by atoms with Crippen molar-refractivity contribution < 1.29 is 22.7 Å². The van der Waals surface area contributed by atoms with Crippen molar-refractivity contribution in [1.29, 1.82) is 0 Å². The van der Waals surface area contributed by atoms with Crippen LogP contribution in [-0.2, 0) is 16.3 Å². The second-order valence-corrected chi connectivity index (χ2v) is 8.50. The van der Waals surface area contributed by atoms with Crippen molar-refractivity contribution in [2.45, 2.75) is 24.3 Å². The van der Waals surface area contributed by atoms with Crippen molar-refractivity contribution >= 4 is 21.6 Å². The third kappa shape index (κ3) is 4.33. The van der Waals surface area contributed by atoms with E-state index in [1.54, 1.807) is 6.07 Å². The van der Waals surface area contributed by atoms with E-state index in [9.17, 15) is 13.2 Å². The van der Waals surface area contributed by atoms with Crippen LogP contribution in [0.25, 0.3) is 0 Å². The standard InChI is InChI=1S/C19H22N2O5S/c1-12-5-4-6-13-9-15(11-26-18(12)13)21-19(22)20-14-7-8-16(25-2)17(10-14)27(3,23)24/h4-8,10,15H,9,11H2,1-3H3,(H2,20,21,22). The smallest absolute Gasteiger partial charge is 0.319 e. The van der Waals surface area contributed by atoms with Crippen LogP contribution in [0.4, 0.5) is 10.5 Å². The molecule has 2 aromatic rings. The van der Waals surface area contributed by atoms with Crippen LogP contribution in [0.3, 0.4) is 0 Å². The van der Waals surface area contributed by atoms with E-state index in [0.717, 1.165) is 23.1 Å². The Morgan fingerprint density at radius 2 is 2.04 bits per heavy atom. The van der Waals surface area contributed by atoms with E-state index in [4.69, 9.17) is 9.47 Å². The van der Waals surface area contributed by atoms with Crippen molar-refractivity contribution in [3.05, 3.63) is 47.5 Å². The number of carbonyl (C=O) groups excluding carboxylic acids is 1. The number of para-hydroxylation sites is 1. The minimum atomic E-state index is -3.49. The first-order valence-electron chi connectivity index (χ1n) is 8.45. The number of carbonyl (C=O) groups is 1. The predicted octanol–water partition coefficient (Wildman–Crippen LogP) is 2.53. The monoisotopic (exact) mass is 390 g/mol. The van der Waals surface area contributed by atoms with E-state index in [0.29, 0.717) is 18.7 Å². The Morgan fingerprint density at radius 1 is 1.26 bits per heavy atom. The normalized spacial score (nSPS) is 16.0. The third-order valence-corrected chi connectivity index (χ3v) is 5.46. The molecule has 2 N–H and O–H groups in total. The molecule has 0 aromatic heterocycles. The van der Waals surface area contributed by atoms with Gasteiger partial charge in [-0.15, -0.1) is 0 Å². The number of hydrogen-bond acceptors (Lipinski definition) is 5. The lowest BCUT2D eigenvalue weighted by molar-refractivity contribution is 0.222. The summed E-state index contributed by atoms with van der Waals surface area (Å²) in [5, 5.41) is 5.52. The maximum atomic E-state index is 12.3. The van der Waals surface area contributed by atoms with Crippen LogP contribution >= 0.6 is 0 Å². The summed E-state index contributed by atoms with van der Waals surface area (Å²) in [6.45, 7) is 2.37. The highest BCUT2D eigenvalue weighted by Crippen LogP contribution is 2.29. The van der Waals surface area contributed by atoms with Crippen LogP contribution in [0.5, 0.6) is 11.5 Å². The summed E-state index contributed by atoms with van der Waals surface area (Å²) in [6, 6.07) is 9.81. The molecule has 0 spiro atoms. The highest BCUT2D eigenvalue weighted by molar-refractivity contribution is 7.90. The second kappa shape index (κ2) is 7.48. The van der Waals surface area contributed by atoms with Gasteiger partial charge in [0.05, 0.1) is 13.2 Å². The van der Waals surface area contributed by atoms with Gasteiger partial charge in [-0.2, -0.15) is 0 Å². The fourth-order valence-corrected chi connectivity index (χ4v) is 3.94. The number of rotatable bonds is 4. The quantitative estimate of drug-likeness (QED) is 0.837. The van der Waals surface area contributed by atoms with Gasteiger partial charge < -0.3 is 20.1 Å². The number of urea groups is 1. The molecule has 0 radical (unpaired) electrons. The fourth-order valence-electron chi connectivity index (χ4n) is 3.08. The minimum absolute atomic E-state index is 0.0215. The number of sulfone groups is 1. The zero-order chi connectivity index (χ0) is 19.6. The van der Waals surface area contributed by atoms with Gasteiger partial charge in [0.25, 0.3) is 0 Å². The van der Waals surface area contributed by atoms with E-state index in [2.05, 4.69) is 10.6 Å². The number of ether oxygens (including phenoxy) is 2. The number of amides is 2. The lowest BCUT2D eigenvalue weighted by atomic mass is 10.0. The fraction of sp³-hybridized carbons (Fsp3) is 0.316. The van der Waals surface area contributed by atoms with Gasteiger partial charge in [-0.1, -0.05) is 18.2 Å². The predicted molar refractivity (Wildman–Crippen MR) is 102 cm³/mol. The maximum Gasteiger partial charge on any atom is 0.319 e. The van der Waals surface area contributed by atoms with Gasteiger partial charge in [0.1, 0.15) is 23.0 Å². The molecule has 2 aromatic carbocycles. The number of benzene rings is 2. The van der Waals surface area contributed by atoms with Crippen LogP contribution in [0.2, 0.25) is 0 Å². The van der Waals surface area contributed by atoms with Crippen molar-refractivity contribution in [2.24, 2.45) is 0 Å². The number of fused-ring (bicyclic) bond motifs is 1. The van der Waals surface area contributed by atoms with Crippen LogP contribution in [0.15, 0.2) is 41.3 Å². The molecule has 27 heavy (non-hydrogen) atoms. The number of hydrogen-bond donors (Lipinski definition) is 2. The first-order chi connectivity index (χ1) is 12.8. The van der Waals surface area contributed by atoms with Gasteiger partial charge in [0, 0.05) is 11.9 Å². The molecule has 7 nitrogen and oxygen atoms in total. The maximum absolute atomic E-state index is 12.3. The van der Waals surface area contributed by atoms with Gasteiger partial charge in [0.15, 0.2) is 9.84 Å². The third-order valence-electron chi connectivity index (χ3n) is 4.34. The Kier molecular flexibility index (Phi) is 5.27. The Bertz CT molecular complexity index is 972. The summed E-state index contributed by atoms with van der Waals surface area (Å²) in [7, 11) is -2.09. The van der Waals surface area contributed by atoms with Gasteiger partial charge in [-0.25, -0.2) is 13.2 Å². The van der Waals surface area contributed by atoms with Gasteiger partial charge >= 0.3 is 6.03 Å². The van der Waals surface area contributed by atoms with Crippen molar-refractivity contribution in [3.8, 4) is 11.5 Å². The average Bonchev–Trinajstić information content (AvgIpc) is 2.61. The molecular formula is C19H22N2O5S. The molecule has 8 heteroatoms. The number of methoxy groups -OCH3 is 1. The van der Waals surface area contributed by atoms with E-state index in [-0.39, 0.29) is 16.7 Å². The SMILES string of the molecule is COc1ccc(NC(=O)NC2COc3c(C)cccc3C2)cc1S(C)(=O)=O. The van der Waals surface area contributed by atoms with Crippen molar-refractivity contribution in [2.75, 3.05) is 25.3 Å². The Labute approximate surface area is 158 Å². The molecule has 0 bridgehead atoms. The molecule has 1 unspecified atom stereocenters. The van der Waals surface area contributed by atoms with E-state index < -0.39 is 15.9 Å². The highest BCUT2D eigenvalue weighted by atomic mass is 32.2. The van der Waals surface area contributed by atoms with Crippen LogP contribution < -0.4 is 20.1 Å². The van der Waals surface area contributed by atoms with Gasteiger partial charge in [-0.3, -0.25) is 0 Å². The summed E-state index contributed by atoms with van der Waals surface area (Å²) < 4.78 is 34.6. The average molecular weight is 390 g/mol. The van der Waals surface area contributed by atoms with Crippen LogP contribution in [-0.4, -0.2) is 40.5 Å². The molecule has 144 valence electrons. The molecule has 3 rings (SSSR count). The largest absolute Gasteiger partial charge is 0.495 e. The Hall–Kier alpha value is -2.74. The number of nitrogens with one attached hydrogen (secondary N) is 2. The minimum Gasteiger partial charge on any atom is -0.495 e. The summed E-state index contributed by atoms with van der Waals surface area (Å²) in [6.07, 6.45) is 1.76. The van der Waals surface area contributed by atoms with E-state index in [1.165, 1.54) is 19.2 Å². The first-order valence-corrected chi connectivity index (χ1v) is 10.3. The molecule has 2 amide bonds. The highest BCUT2D eigenvalue weighted by Gasteiger charge is 2.23. The molecular weight excluding hydrogens is 368 g/mol. The Balaban J connectivity index is 1.68. The van der Waals surface area contributed by atoms with Crippen molar-refractivity contribution in [1.82, 2.24) is 5.32 Å². The molecule has 1 aliphatic heterocycles. The summed E-state index contributed by atoms with van der Waals surface area (Å²) >= 11 is 0. The molecule has 0 saturated heterocycles. The first kappa shape index (κ1) is 19.0. The van der Waals surface area contributed by atoms with E-state index in [1.807, 2.05) is 25.1 Å². The lowest BCUT2D eigenvalue weighted by Crippen LogP contribution is -2.44. The van der Waals surface area contributed by atoms with Crippen molar-refractivity contribution in [3.63, 3.8) is 0 Å². The molecule has 0 fully saturated rings. The second-order valence-electron chi connectivity index (χ2n) is 6.51. The number of anilines is 1. The molecule has 1 heterocycles. The molecule has 0 saturated carbocycles. The lowest BCUT2D eigenvalue weighted by Gasteiger charge is -2.27. The summed E-state index contributed by atoms with van der Waals surface area (Å²) in [5.74, 6) is 1.11. The summed E-state index contributed by atoms with van der Waals surface area (Å²) in [4.78, 5) is 12.3. The van der Waals surface area contributed by atoms with Crippen LogP contribution in [0, 0.1) is 6.92 Å². The molecule has 1 aliphatic rings. The van der Waals surface area contributed by atoms with E-state index >= 15 is 0 Å². The topological polar surface area (TPSA) is 93.7 Å². The zero-order valence-electron chi connectivity index (χ0n) is 15.4. The van der Waals surface area contributed by atoms with Crippen LogP contribution in [0.1, 0.15) is 11.1 Å².